The first-order valence-electron chi connectivity index (χ1n) is 17.3. The maximum atomic E-state index is 8.81. The molecule has 0 saturated heterocycles. The van der Waals surface area contributed by atoms with E-state index < -0.39 is 6.62 Å². The number of rotatable bonds is 0. The zero-order chi connectivity index (χ0) is 28.1. The van der Waals surface area contributed by atoms with Gasteiger partial charge < -0.3 is 9.59 Å². The Morgan fingerprint density at radius 3 is 1.79 bits per heavy atom. The standard InChI is InChI=1S/C15H22.C15H18.2C2H4O.CH5P/c2*1-2-10-11(3-1)13-7-12(10)14-8-4-5-9(6-8)15(13)14;2*1-2-3;1-2/h8-15H,1-7H2;1-2,4-5,8-15H,3,6-7H2;2*2H,1H3;2H2,1H3/i;;;;1TD. The number of allylic oxidation sites excluding steroid dienone is 4. The van der Waals surface area contributed by atoms with Crippen molar-refractivity contribution in [3.8, 4) is 0 Å². The van der Waals surface area contributed by atoms with E-state index in [-0.39, 0.29) is 0 Å². The summed E-state index contributed by atoms with van der Waals surface area (Å²) in [5, 5.41) is 0. The van der Waals surface area contributed by atoms with Gasteiger partial charge in [0.05, 0.1) is 0 Å². The zero-order valence-corrected chi connectivity index (χ0v) is 24.9. The molecule has 0 amide bonds. The molecule has 0 radical (unpaired) electrons. The van der Waals surface area contributed by atoms with Gasteiger partial charge in [-0.3, -0.25) is 0 Å². The summed E-state index contributed by atoms with van der Waals surface area (Å²) < 4.78 is 12.4. The first-order valence-corrected chi connectivity index (χ1v) is 16.8. The van der Waals surface area contributed by atoms with Crippen molar-refractivity contribution in [2.24, 2.45) is 94.7 Å². The molecule has 10 rings (SSSR count). The molecule has 18 unspecified atom stereocenters. The van der Waals surface area contributed by atoms with Crippen molar-refractivity contribution in [2.75, 3.05) is 6.62 Å². The minimum atomic E-state index is -0.750. The molecule has 38 heavy (non-hydrogen) atoms. The van der Waals surface area contributed by atoms with Gasteiger partial charge in [0.1, 0.15) is 12.6 Å². The molecule has 0 N–H and O–H groups in total. The fourth-order valence-corrected chi connectivity index (χ4v) is 13.5. The van der Waals surface area contributed by atoms with Crippen LogP contribution >= 0.6 is 9.24 Å². The van der Waals surface area contributed by atoms with Crippen molar-refractivity contribution in [3.63, 3.8) is 0 Å². The Labute approximate surface area is 237 Å². The lowest BCUT2D eigenvalue weighted by molar-refractivity contribution is -0.106. The van der Waals surface area contributed by atoms with E-state index in [1.165, 1.54) is 74.0 Å². The van der Waals surface area contributed by atoms with Gasteiger partial charge >= 0.3 is 0 Å². The van der Waals surface area contributed by atoms with E-state index in [2.05, 4.69) is 24.3 Å². The second kappa shape index (κ2) is 11.3. The summed E-state index contributed by atoms with van der Waals surface area (Å²) in [5.41, 5.74) is 0. The SMILES string of the molecule is C1=CC2C(C1)C1CC2C2C3C=CC(C3)C12.C1CC2C(C1)C1CC2C2C3CCC(C3)C12.CC=O.CC=O.[2H]C([3H])P. The van der Waals surface area contributed by atoms with Crippen LogP contribution in [0.5, 0.6) is 0 Å². The van der Waals surface area contributed by atoms with Gasteiger partial charge in [-0.25, -0.2) is 0 Å². The van der Waals surface area contributed by atoms with Gasteiger partial charge in [0.25, 0.3) is 0 Å². The smallest absolute Gasteiger partial charge is 0.116 e. The molecular weight excluding hydrogens is 483 g/mol. The van der Waals surface area contributed by atoms with Crippen LogP contribution in [0.25, 0.3) is 0 Å². The molecule has 0 aliphatic heterocycles. The van der Waals surface area contributed by atoms with Crippen molar-refractivity contribution >= 4 is 21.8 Å². The van der Waals surface area contributed by atoms with Crippen molar-refractivity contribution in [3.05, 3.63) is 24.3 Å². The lowest BCUT2D eigenvalue weighted by Gasteiger charge is -2.40. The number of aldehydes is 2. The van der Waals surface area contributed by atoms with Gasteiger partial charge in [-0.15, -0.1) is 9.24 Å². The molecule has 8 fully saturated rings. The molecule has 8 saturated carbocycles. The highest BCUT2D eigenvalue weighted by Crippen LogP contribution is 2.73. The van der Waals surface area contributed by atoms with E-state index >= 15 is 0 Å². The van der Waals surface area contributed by atoms with Gasteiger partial charge in [-0.05, 0) is 166 Å². The van der Waals surface area contributed by atoms with E-state index in [0.29, 0.717) is 0 Å². The average molecular weight is 540 g/mol. The Bertz CT molecular complexity index is 944. The topological polar surface area (TPSA) is 34.1 Å². The van der Waals surface area contributed by atoms with E-state index in [1.807, 2.05) is 9.24 Å². The maximum absolute atomic E-state index is 8.81. The lowest BCUT2D eigenvalue weighted by Crippen LogP contribution is -2.35. The number of fused-ring (bicyclic) bond motifs is 24. The van der Waals surface area contributed by atoms with Crippen LogP contribution in [0, 0.1) is 94.7 Å². The highest BCUT2D eigenvalue weighted by atomic mass is 31.0. The number of hydrogen-bond acceptors (Lipinski definition) is 2. The average Bonchev–Trinajstić information content (AvgIpc) is 3.75. The predicted octanol–water partition coefficient (Wildman–Crippen LogP) is 7.88. The van der Waals surface area contributed by atoms with E-state index in [0.717, 1.165) is 59.9 Å². The van der Waals surface area contributed by atoms with Gasteiger partial charge in [0.2, 0.25) is 0 Å². The molecular formula is C35H53O2P. The summed E-state index contributed by atoms with van der Waals surface area (Å²) in [6.45, 7) is 2.14. The van der Waals surface area contributed by atoms with E-state index in [1.54, 1.807) is 51.4 Å². The zero-order valence-electron chi connectivity index (χ0n) is 25.7. The molecule has 0 aromatic rings. The van der Waals surface area contributed by atoms with Crippen LogP contribution in [0.15, 0.2) is 24.3 Å². The molecule has 8 bridgehead atoms. The molecule has 3 heteroatoms. The monoisotopic (exact) mass is 539 g/mol. The van der Waals surface area contributed by atoms with Crippen molar-refractivity contribution in [1.29, 1.82) is 0 Å². The summed E-state index contributed by atoms with van der Waals surface area (Å²) in [7, 11) is 1.99. The van der Waals surface area contributed by atoms with Crippen LogP contribution in [-0.4, -0.2) is 19.2 Å². The van der Waals surface area contributed by atoms with Crippen LogP contribution in [0.4, 0.5) is 0 Å². The third kappa shape index (κ3) is 4.03. The lowest BCUT2D eigenvalue weighted by atomic mass is 9.64. The Balaban J connectivity index is 0.000000110. The fraction of sp³-hybridized carbons (Fsp3) is 0.829. The van der Waals surface area contributed by atoms with Crippen molar-refractivity contribution in [2.45, 2.75) is 78.1 Å². The Morgan fingerprint density at radius 2 is 1.21 bits per heavy atom. The number of carbonyl (C=O) groups is 2. The molecule has 0 aromatic heterocycles. The first-order chi connectivity index (χ1) is 19.4. The minimum Gasteiger partial charge on any atom is -0.304 e. The summed E-state index contributed by atoms with van der Waals surface area (Å²) in [4.78, 5) is 17.6. The maximum Gasteiger partial charge on any atom is 0.116 e. The van der Waals surface area contributed by atoms with Crippen molar-refractivity contribution < 1.29 is 12.3 Å². The molecule has 0 aromatic carbocycles. The Morgan fingerprint density at radius 1 is 0.711 bits per heavy atom. The number of carbonyl (C=O) groups excluding carboxylic acids is 2. The highest BCUT2D eigenvalue weighted by Gasteiger charge is 2.66. The normalized spacial score (nSPS) is 55.9. The minimum absolute atomic E-state index is 0.750. The third-order valence-corrected chi connectivity index (χ3v) is 13.7. The molecule has 0 heterocycles. The summed E-state index contributed by atoms with van der Waals surface area (Å²) in [6.07, 6.45) is 27.6. The van der Waals surface area contributed by atoms with Gasteiger partial charge in [0.15, 0.2) is 0 Å². The third-order valence-electron chi connectivity index (χ3n) is 13.7. The molecule has 0 spiro atoms. The van der Waals surface area contributed by atoms with E-state index in [4.69, 9.17) is 12.3 Å². The molecule has 210 valence electrons. The molecule has 10 aliphatic carbocycles. The largest absolute Gasteiger partial charge is 0.304 e. The number of hydrogen-bond donors (Lipinski definition) is 0. The Kier molecular flexibility index (Phi) is 7.41. The Hall–Kier alpha value is -0.750. The summed E-state index contributed by atoms with van der Waals surface area (Å²) in [6, 6.07) is 0. The first kappa shape index (κ1) is 25.0. The molecule has 2 nitrogen and oxygen atoms in total. The van der Waals surface area contributed by atoms with Gasteiger partial charge in [-0.1, -0.05) is 37.3 Å². The quantitative estimate of drug-likeness (QED) is 0.136. The molecule has 18 atom stereocenters. The van der Waals surface area contributed by atoms with Gasteiger partial charge in [0, 0.05) is 2.74 Å². The predicted molar refractivity (Wildman–Crippen MR) is 159 cm³/mol. The van der Waals surface area contributed by atoms with E-state index in [9.17, 15) is 0 Å². The van der Waals surface area contributed by atoms with Crippen LogP contribution in [0.3, 0.4) is 0 Å². The van der Waals surface area contributed by atoms with Crippen LogP contribution in [0.2, 0.25) is 0 Å². The van der Waals surface area contributed by atoms with Crippen LogP contribution in [-0.2, 0) is 9.59 Å². The van der Waals surface area contributed by atoms with Crippen LogP contribution < -0.4 is 0 Å². The molecule has 10 aliphatic rings. The van der Waals surface area contributed by atoms with Crippen LogP contribution in [0.1, 0.15) is 80.8 Å². The fourth-order valence-electron chi connectivity index (χ4n) is 13.5. The summed E-state index contributed by atoms with van der Waals surface area (Å²) in [5.74, 6) is 18.3. The second-order valence-corrected chi connectivity index (χ2v) is 14.4. The second-order valence-electron chi connectivity index (χ2n) is 14.4. The summed E-state index contributed by atoms with van der Waals surface area (Å²) >= 11 is 0. The van der Waals surface area contributed by atoms with Gasteiger partial charge in [-0.2, -0.15) is 0 Å². The van der Waals surface area contributed by atoms with Crippen molar-refractivity contribution in [1.82, 2.24) is 0 Å². The highest BCUT2D eigenvalue weighted by molar-refractivity contribution is 7.15.